The van der Waals surface area contributed by atoms with E-state index in [1.165, 1.54) is 6.92 Å². The first-order valence-electron chi connectivity index (χ1n) is 7.23. The number of halogens is 4. The zero-order valence-electron chi connectivity index (χ0n) is 13.8. The molecule has 0 aromatic heterocycles. The van der Waals surface area contributed by atoms with Crippen LogP contribution in [0.4, 0.5) is 17.6 Å². The van der Waals surface area contributed by atoms with Crippen LogP contribution in [0.5, 0.6) is 0 Å². The number of nitrogens with two attached hydrogens (primary N) is 3. The van der Waals surface area contributed by atoms with E-state index in [-0.39, 0.29) is 0 Å². The van der Waals surface area contributed by atoms with Crippen molar-refractivity contribution in [1.29, 1.82) is 0 Å². The summed E-state index contributed by atoms with van der Waals surface area (Å²) in [6.07, 6.45) is -4.87. The highest BCUT2D eigenvalue weighted by molar-refractivity contribution is 6.07. The van der Waals surface area contributed by atoms with Gasteiger partial charge >= 0.3 is 6.18 Å². The van der Waals surface area contributed by atoms with Crippen LogP contribution in [-0.2, 0) is 10.3 Å². The first kappa shape index (κ1) is 19.6. The van der Waals surface area contributed by atoms with Crippen molar-refractivity contribution in [2.75, 3.05) is 6.61 Å². The number of carbonyl (C=O) groups excluding carboxylic acids is 2. The maximum atomic E-state index is 14.5. The molecule has 1 aromatic rings. The molecule has 0 unspecified atom stereocenters. The number of carbonyl (C=O) groups is 2. The van der Waals surface area contributed by atoms with Gasteiger partial charge < -0.3 is 21.9 Å². The van der Waals surface area contributed by atoms with Gasteiger partial charge in [0, 0.05) is 5.56 Å². The Balaban J connectivity index is 2.75. The second-order valence-electron chi connectivity index (χ2n) is 6.16. The average Bonchev–Trinajstić information content (AvgIpc) is 2.49. The predicted molar refractivity (Wildman–Crippen MR) is 82.8 cm³/mol. The predicted octanol–water partition coefficient (Wildman–Crippen LogP) is 0.947. The van der Waals surface area contributed by atoms with Crippen molar-refractivity contribution in [2.45, 2.75) is 31.2 Å². The van der Waals surface area contributed by atoms with Gasteiger partial charge in [0.15, 0.2) is 0 Å². The van der Waals surface area contributed by atoms with Gasteiger partial charge in [-0.2, -0.15) is 13.2 Å². The molecule has 1 aromatic carbocycles. The molecule has 2 atom stereocenters. The fourth-order valence-corrected chi connectivity index (χ4v) is 2.68. The van der Waals surface area contributed by atoms with Crippen LogP contribution in [0.2, 0.25) is 0 Å². The first-order chi connectivity index (χ1) is 11.7. The molecule has 0 fully saturated rings. The number of ether oxygens (including phenoxy) is 1. The van der Waals surface area contributed by atoms with Crippen LogP contribution in [0.3, 0.4) is 0 Å². The number of benzene rings is 1. The summed E-state index contributed by atoms with van der Waals surface area (Å²) in [6.45, 7) is 1.10. The molecule has 6 N–H and O–H groups in total. The van der Waals surface area contributed by atoms with Crippen LogP contribution in [0.15, 0.2) is 17.1 Å². The van der Waals surface area contributed by atoms with E-state index in [0.717, 1.165) is 12.1 Å². The highest BCUT2D eigenvalue weighted by Crippen LogP contribution is 2.42. The molecule has 0 saturated heterocycles. The largest absolute Gasteiger partial charge is 0.424 e. The molecule has 7 nitrogen and oxygen atoms in total. The van der Waals surface area contributed by atoms with Crippen molar-refractivity contribution >= 4 is 17.6 Å². The van der Waals surface area contributed by atoms with E-state index in [4.69, 9.17) is 21.9 Å². The van der Waals surface area contributed by atoms with Crippen LogP contribution >= 0.6 is 0 Å². The molecule has 142 valence electrons. The quantitative estimate of drug-likeness (QED) is 0.677. The third kappa shape index (κ3) is 2.87. The van der Waals surface area contributed by atoms with Crippen LogP contribution < -0.4 is 17.2 Å². The van der Waals surface area contributed by atoms with Gasteiger partial charge in [-0.3, -0.25) is 14.6 Å². The van der Waals surface area contributed by atoms with Crippen molar-refractivity contribution in [1.82, 2.24) is 0 Å². The lowest BCUT2D eigenvalue weighted by molar-refractivity contribution is -0.249. The molecule has 26 heavy (non-hydrogen) atoms. The standard InChI is InChI=1S/C15H16F4N4O3/c1-13(5-26-14(2,12(22)23-13)15(17,18)19)9-7(16)4-3-6(10(20)24)8(9)11(21)25/h3-4H,5H2,1-2H3,(H2,20,24)(H2,21,25)(H2,22,23)/t13-,14+/m0/s1. The van der Waals surface area contributed by atoms with E-state index < -0.39 is 64.1 Å². The minimum absolute atomic E-state index is 0.395. The summed E-state index contributed by atoms with van der Waals surface area (Å²) in [5, 5.41) is 0. The Hall–Kier alpha value is -2.69. The second kappa shape index (κ2) is 5.94. The van der Waals surface area contributed by atoms with Gasteiger partial charge in [-0.25, -0.2) is 4.39 Å². The highest BCUT2D eigenvalue weighted by Gasteiger charge is 2.59. The SMILES string of the molecule is C[C@@]1(c2c(F)ccc(C(N)=O)c2C(N)=O)CO[C@@](C)(C(F)(F)F)C(N)=N1. The summed E-state index contributed by atoms with van der Waals surface area (Å²) in [5.41, 5.74) is 9.64. The third-order valence-electron chi connectivity index (χ3n) is 4.24. The second-order valence-corrected chi connectivity index (χ2v) is 6.16. The van der Waals surface area contributed by atoms with Crippen LogP contribution in [0, 0.1) is 5.82 Å². The van der Waals surface area contributed by atoms with Crippen molar-refractivity contribution in [3.8, 4) is 0 Å². The molecular weight excluding hydrogens is 360 g/mol. The van der Waals surface area contributed by atoms with E-state index in [2.05, 4.69) is 4.99 Å². The van der Waals surface area contributed by atoms with E-state index in [9.17, 15) is 27.2 Å². The fraction of sp³-hybridized carbons (Fsp3) is 0.400. The number of hydrogen-bond donors (Lipinski definition) is 3. The van der Waals surface area contributed by atoms with Crippen LogP contribution in [0.25, 0.3) is 0 Å². The van der Waals surface area contributed by atoms with Crippen molar-refractivity contribution < 1.29 is 31.9 Å². The number of amides is 2. The molecule has 1 heterocycles. The van der Waals surface area contributed by atoms with Gasteiger partial charge in [0.05, 0.1) is 17.7 Å². The minimum atomic E-state index is -4.87. The van der Waals surface area contributed by atoms with Crippen LogP contribution in [0.1, 0.15) is 40.1 Å². The van der Waals surface area contributed by atoms with E-state index in [1.54, 1.807) is 0 Å². The Morgan fingerprint density at radius 1 is 1.19 bits per heavy atom. The maximum absolute atomic E-state index is 14.5. The summed E-state index contributed by atoms with van der Waals surface area (Å²) < 4.78 is 59.0. The van der Waals surface area contributed by atoms with Gasteiger partial charge in [0.25, 0.3) is 0 Å². The van der Waals surface area contributed by atoms with Gasteiger partial charge in [-0.05, 0) is 26.0 Å². The van der Waals surface area contributed by atoms with E-state index in [1.807, 2.05) is 0 Å². The first-order valence-corrected chi connectivity index (χ1v) is 7.23. The molecule has 0 spiro atoms. The maximum Gasteiger partial charge on any atom is 0.424 e. The molecule has 1 aliphatic rings. The van der Waals surface area contributed by atoms with Gasteiger partial charge in [-0.15, -0.1) is 0 Å². The Morgan fingerprint density at radius 3 is 2.19 bits per heavy atom. The number of aliphatic imine (C=N–C) groups is 1. The monoisotopic (exact) mass is 376 g/mol. The molecule has 0 bridgehead atoms. The zero-order valence-corrected chi connectivity index (χ0v) is 13.8. The van der Waals surface area contributed by atoms with E-state index >= 15 is 0 Å². The number of amidine groups is 1. The number of alkyl halides is 3. The molecule has 2 amide bonds. The van der Waals surface area contributed by atoms with Crippen molar-refractivity contribution in [3.05, 3.63) is 34.6 Å². The summed E-state index contributed by atoms with van der Waals surface area (Å²) in [7, 11) is 0. The average molecular weight is 376 g/mol. The molecule has 1 aliphatic heterocycles. The zero-order chi connectivity index (χ0) is 20.1. The summed E-state index contributed by atoms with van der Waals surface area (Å²) in [5.74, 6) is -4.26. The molecular formula is C15H16F4N4O3. The lowest BCUT2D eigenvalue weighted by atomic mass is 9.84. The molecule has 0 radical (unpaired) electrons. The van der Waals surface area contributed by atoms with Gasteiger partial charge in [0.2, 0.25) is 17.4 Å². The third-order valence-corrected chi connectivity index (χ3v) is 4.24. The van der Waals surface area contributed by atoms with Crippen molar-refractivity contribution in [3.63, 3.8) is 0 Å². The molecule has 11 heteroatoms. The van der Waals surface area contributed by atoms with Crippen LogP contribution in [-0.4, -0.2) is 36.0 Å². The van der Waals surface area contributed by atoms with Gasteiger partial charge in [-0.1, -0.05) is 0 Å². The Labute approximate surface area is 145 Å². The number of nitrogens with zero attached hydrogens (tertiary/aromatic N) is 1. The number of rotatable bonds is 3. The molecule has 0 saturated carbocycles. The smallest absolute Gasteiger partial charge is 0.385 e. The summed E-state index contributed by atoms with van der Waals surface area (Å²) >= 11 is 0. The molecule has 0 aliphatic carbocycles. The minimum Gasteiger partial charge on any atom is -0.385 e. The lowest BCUT2D eigenvalue weighted by Gasteiger charge is -2.41. The highest BCUT2D eigenvalue weighted by atomic mass is 19.4. The fourth-order valence-electron chi connectivity index (χ4n) is 2.68. The Bertz CT molecular complexity index is 824. The number of primary amides is 2. The van der Waals surface area contributed by atoms with E-state index in [0.29, 0.717) is 6.92 Å². The van der Waals surface area contributed by atoms with Gasteiger partial charge in [0.1, 0.15) is 17.2 Å². The summed E-state index contributed by atoms with van der Waals surface area (Å²) in [6, 6.07) is 1.78. The Kier molecular flexibility index (Phi) is 4.48. The number of hydrogen-bond acceptors (Lipinski definition) is 5. The Morgan fingerprint density at radius 2 is 1.77 bits per heavy atom. The normalized spacial score (nSPS) is 26.3. The summed E-state index contributed by atoms with van der Waals surface area (Å²) in [4.78, 5) is 27.1. The molecule has 2 rings (SSSR count). The van der Waals surface area contributed by atoms with Crippen molar-refractivity contribution in [2.24, 2.45) is 22.2 Å². The topological polar surface area (TPSA) is 134 Å². The lowest BCUT2D eigenvalue weighted by Crippen LogP contribution is -2.60.